The van der Waals surface area contributed by atoms with Crippen LogP contribution in [0.4, 0.5) is 10.1 Å². The predicted molar refractivity (Wildman–Crippen MR) is 128 cm³/mol. The molecule has 0 radical (unpaired) electrons. The van der Waals surface area contributed by atoms with Crippen molar-refractivity contribution >= 4 is 38.9 Å². The molecule has 1 saturated heterocycles. The Kier molecular flexibility index (Phi) is 5.29. The zero-order chi connectivity index (χ0) is 21.4. The molecular weight excluding hydrogens is 475 g/mol. The molecule has 0 saturated carbocycles. The van der Waals surface area contributed by atoms with Crippen LogP contribution in [0.15, 0.2) is 95.7 Å². The highest BCUT2D eigenvalue weighted by Crippen LogP contribution is 2.42. The van der Waals surface area contributed by atoms with Crippen molar-refractivity contribution in [3.05, 3.63) is 113 Å². The Bertz CT molecular complexity index is 1230. The molecule has 0 spiro atoms. The van der Waals surface area contributed by atoms with Gasteiger partial charge in [0, 0.05) is 28.2 Å². The molecule has 154 valence electrons. The molecule has 0 bridgehead atoms. The summed E-state index contributed by atoms with van der Waals surface area (Å²) in [5.74, 6) is -0.319. The number of benzene rings is 2. The Morgan fingerprint density at radius 1 is 0.935 bits per heavy atom. The van der Waals surface area contributed by atoms with Crippen molar-refractivity contribution in [1.29, 1.82) is 0 Å². The Morgan fingerprint density at radius 2 is 1.71 bits per heavy atom. The van der Waals surface area contributed by atoms with E-state index in [0.717, 1.165) is 21.5 Å². The standard InChI is InChI=1S/C24H18BrFN4S/c25-16-10-12-17(13-11-16)29-15-5-9-21(29)23-22(19-7-3-4-14-27-19)28-24(31)30(23)20-8-2-1-6-18(20)26/h1-15,22-23H,(H,28,31)/t22-,23+/m0/s1. The van der Waals surface area contributed by atoms with Gasteiger partial charge in [0.15, 0.2) is 5.11 Å². The number of hydrogen-bond acceptors (Lipinski definition) is 2. The molecule has 2 aromatic heterocycles. The van der Waals surface area contributed by atoms with Crippen molar-refractivity contribution in [2.75, 3.05) is 4.90 Å². The highest BCUT2D eigenvalue weighted by molar-refractivity contribution is 9.10. The summed E-state index contributed by atoms with van der Waals surface area (Å²) in [5.41, 5.74) is 3.27. The summed E-state index contributed by atoms with van der Waals surface area (Å²) in [5, 5.41) is 3.85. The zero-order valence-corrected chi connectivity index (χ0v) is 18.7. The van der Waals surface area contributed by atoms with Crippen molar-refractivity contribution in [2.45, 2.75) is 12.1 Å². The van der Waals surface area contributed by atoms with Gasteiger partial charge in [-0.15, -0.1) is 0 Å². The van der Waals surface area contributed by atoms with Crippen LogP contribution in [0.3, 0.4) is 0 Å². The van der Waals surface area contributed by atoms with Crippen molar-refractivity contribution in [1.82, 2.24) is 14.9 Å². The van der Waals surface area contributed by atoms with Crippen molar-refractivity contribution in [3.8, 4) is 5.69 Å². The third kappa shape index (κ3) is 3.64. The van der Waals surface area contributed by atoms with Crippen LogP contribution in [-0.2, 0) is 0 Å². The lowest BCUT2D eigenvalue weighted by atomic mass is 10.0. The molecule has 7 heteroatoms. The van der Waals surface area contributed by atoms with Gasteiger partial charge in [-0.3, -0.25) is 4.98 Å². The van der Waals surface area contributed by atoms with Gasteiger partial charge in [-0.2, -0.15) is 0 Å². The Morgan fingerprint density at radius 3 is 2.45 bits per heavy atom. The number of thiocarbonyl (C=S) groups is 1. The smallest absolute Gasteiger partial charge is 0.174 e. The first-order chi connectivity index (χ1) is 15.1. The van der Waals surface area contributed by atoms with Crippen LogP contribution in [0, 0.1) is 5.82 Å². The Labute approximate surface area is 193 Å². The van der Waals surface area contributed by atoms with Gasteiger partial charge in [0.25, 0.3) is 0 Å². The summed E-state index contributed by atoms with van der Waals surface area (Å²) >= 11 is 9.19. The molecule has 4 nitrogen and oxygen atoms in total. The normalized spacial score (nSPS) is 18.3. The molecule has 2 aromatic carbocycles. The lowest BCUT2D eigenvalue weighted by molar-refractivity contribution is 0.542. The third-order valence-electron chi connectivity index (χ3n) is 5.40. The van der Waals surface area contributed by atoms with Gasteiger partial charge in [0.05, 0.1) is 17.4 Å². The lowest BCUT2D eigenvalue weighted by Gasteiger charge is -2.29. The fourth-order valence-electron chi connectivity index (χ4n) is 4.03. The number of halogens is 2. The van der Waals surface area contributed by atoms with Gasteiger partial charge in [-0.1, -0.05) is 34.1 Å². The van der Waals surface area contributed by atoms with Crippen LogP contribution in [0.5, 0.6) is 0 Å². The number of pyridine rings is 1. The number of hydrogen-bond donors (Lipinski definition) is 1. The van der Waals surface area contributed by atoms with Crippen LogP contribution >= 0.6 is 28.1 Å². The highest BCUT2D eigenvalue weighted by atomic mass is 79.9. The van der Waals surface area contributed by atoms with Crippen LogP contribution in [0.1, 0.15) is 23.5 Å². The number of aromatic nitrogens is 2. The first-order valence-corrected chi connectivity index (χ1v) is 11.0. The van der Waals surface area contributed by atoms with Gasteiger partial charge < -0.3 is 14.8 Å². The number of para-hydroxylation sites is 1. The zero-order valence-electron chi connectivity index (χ0n) is 16.3. The number of anilines is 1. The van der Waals surface area contributed by atoms with E-state index < -0.39 is 0 Å². The Hall–Kier alpha value is -3.03. The van der Waals surface area contributed by atoms with Gasteiger partial charge in [0.1, 0.15) is 11.9 Å². The van der Waals surface area contributed by atoms with E-state index in [9.17, 15) is 4.39 Å². The monoisotopic (exact) mass is 492 g/mol. The topological polar surface area (TPSA) is 33.1 Å². The second-order valence-electron chi connectivity index (χ2n) is 7.23. The minimum absolute atomic E-state index is 0.239. The summed E-state index contributed by atoms with van der Waals surface area (Å²) in [6, 6.07) is 24.1. The molecule has 4 aromatic rings. The lowest BCUT2D eigenvalue weighted by Crippen LogP contribution is -2.31. The predicted octanol–water partition coefficient (Wildman–Crippen LogP) is 5.95. The average Bonchev–Trinajstić information content (AvgIpc) is 3.40. The van der Waals surface area contributed by atoms with E-state index in [1.807, 2.05) is 71.8 Å². The second-order valence-corrected chi connectivity index (χ2v) is 8.53. The van der Waals surface area contributed by atoms with Gasteiger partial charge in [-0.25, -0.2) is 4.39 Å². The molecule has 3 heterocycles. The number of nitrogens with one attached hydrogen (secondary N) is 1. The van der Waals surface area contributed by atoms with E-state index in [-0.39, 0.29) is 17.9 Å². The molecule has 0 aliphatic carbocycles. The first-order valence-electron chi connectivity index (χ1n) is 9.82. The minimum Gasteiger partial charge on any atom is -0.351 e. The maximum absolute atomic E-state index is 14.9. The summed E-state index contributed by atoms with van der Waals surface area (Å²) in [6.07, 6.45) is 3.77. The second kappa shape index (κ2) is 8.24. The molecule has 1 N–H and O–H groups in total. The first kappa shape index (κ1) is 19.9. The fourth-order valence-corrected chi connectivity index (χ4v) is 4.64. The summed E-state index contributed by atoms with van der Waals surface area (Å²) in [6.45, 7) is 0. The van der Waals surface area contributed by atoms with E-state index in [1.54, 1.807) is 18.3 Å². The van der Waals surface area contributed by atoms with Crippen molar-refractivity contribution < 1.29 is 4.39 Å². The number of rotatable bonds is 4. The van der Waals surface area contributed by atoms with Crippen LogP contribution < -0.4 is 10.2 Å². The van der Waals surface area contributed by atoms with Crippen molar-refractivity contribution in [3.63, 3.8) is 0 Å². The highest BCUT2D eigenvalue weighted by Gasteiger charge is 2.42. The van der Waals surface area contributed by atoms with Crippen LogP contribution in [0.25, 0.3) is 5.69 Å². The molecule has 2 atom stereocenters. The van der Waals surface area contributed by atoms with E-state index in [1.165, 1.54) is 6.07 Å². The quantitative estimate of drug-likeness (QED) is 0.356. The van der Waals surface area contributed by atoms with E-state index in [0.29, 0.717) is 10.8 Å². The largest absolute Gasteiger partial charge is 0.351 e. The molecule has 0 unspecified atom stereocenters. The van der Waals surface area contributed by atoms with Crippen molar-refractivity contribution in [2.24, 2.45) is 0 Å². The summed E-state index contributed by atoms with van der Waals surface area (Å²) in [4.78, 5) is 6.42. The van der Waals surface area contributed by atoms with Crippen LogP contribution in [0.2, 0.25) is 0 Å². The molecular formula is C24H18BrFN4S. The molecule has 31 heavy (non-hydrogen) atoms. The Balaban J connectivity index is 1.68. The number of nitrogens with zero attached hydrogens (tertiary/aromatic N) is 3. The molecule has 1 fully saturated rings. The molecule has 1 aliphatic rings. The fraction of sp³-hybridized carbons (Fsp3) is 0.0833. The molecule has 1 aliphatic heterocycles. The van der Waals surface area contributed by atoms with Gasteiger partial charge in [-0.05, 0) is 72.9 Å². The van der Waals surface area contributed by atoms with E-state index in [2.05, 4.69) is 30.8 Å². The van der Waals surface area contributed by atoms with Gasteiger partial charge >= 0.3 is 0 Å². The SMILES string of the molecule is Fc1ccccc1N1C(=S)N[C@@H](c2ccccn2)[C@H]1c1cccn1-c1ccc(Br)cc1. The molecule has 5 rings (SSSR count). The van der Waals surface area contributed by atoms with E-state index in [4.69, 9.17) is 12.2 Å². The van der Waals surface area contributed by atoms with Crippen LogP contribution in [-0.4, -0.2) is 14.7 Å². The molecule has 0 amide bonds. The summed E-state index contributed by atoms with van der Waals surface area (Å²) < 4.78 is 18.0. The maximum Gasteiger partial charge on any atom is 0.174 e. The minimum atomic E-state index is -0.319. The summed E-state index contributed by atoms with van der Waals surface area (Å²) in [7, 11) is 0. The third-order valence-corrected chi connectivity index (χ3v) is 6.24. The van der Waals surface area contributed by atoms with E-state index >= 15 is 0 Å². The maximum atomic E-state index is 14.9. The van der Waals surface area contributed by atoms with Gasteiger partial charge in [0.2, 0.25) is 0 Å². The average molecular weight is 493 g/mol.